The molecule has 2 aromatic rings. The van der Waals surface area contributed by atoms with Crippen molar-refractivity contribution >= 4 is 0 Å². The van der Waals surface area contributed by atoms with E-state index in [0.29, 0.717) is 12.6 Å². The summed E-state index contributed by atoms with van der Waals surface area (Å²) in [6.07, 6.45) is 7.26. The van der Waals surface area contributed by atoms with E-state index in [9.17, 15) is 0 Å². The smallest absolute Gasteiger partial charge is 0.132 e. The topological polar surface area (TPSA) is 39.1 Å². The van der Waals surface area contributed by atoms with Gasteiger partial charge in [-0.2, -0.15) is 5.10 Å². The predicted octanol–water partition coefficient (Wildman–Crippen LogP) is 3.30. The number of rotatable bonds is 6. The molecule has 1 aromatic carbocycles. The Kier molecular flexibility index (Phi) is 4.55. The van der Waals surface area contributed by atoms with Crippen molar-refractivity contribution in [1.29, 1.82) is 0 Å². The zero-order chi connectivity index (χ0) is 14.5. The molecule has 1 aliphatic rings. The molecule has 1 saturated carbocycles. The number of nitrogens with zero attached hydrogens (tertiary/aromatic N) is 2. The molecule has 1 aromatic heterocycles. The van der Waals surface area contributed by atoms with Crippen LogP contribution in [0, 0.1) is 0 Å². The molecule has 0 spiro atoms. The van der Waals surface area contributed by atoms with Gasteiger partial charge in [-0.1, -0.05) is 25.0 Å². The SMILES string of the molecule is CNCc1ccc(OCc2ccn(C3CCCC3)n2)cc1. The minimum atomic E-state index is 0.533. The molecule has 0 amide bonds. The zero-order valence-corrected chi connectivity index (χ0v) is 12.6. The summed E-state index contributed by atoms with van der Waals surface area (Å²) in [6.45, 7) is 1.41. The van der Waals surface area contributed by atoms with E-state index in [2.05, 4.69) is 39.5 Å². The van der Waals surface area contributed by atoms with Crippen molar-refractivity contribution in [3.8, 4) is 5.75 Å². The first-order valence-electron chi connectivity index (χ1n) is 7.75. The van der Waals surface area contributed by atoms with Gasteiger partial charge in [0.15, 0.2) is 0 Å². The van der Waals surface area contributed by atoms with Gasteiger partial charge >= 0.3 is 0 Å². The molecule has 0 bridgehead atoms. The first-order valence-corrected chi connectivity index (χ1v) is 7.75. The quantitative estimate of drug-likeness (QED) is 0.885. The number of ether oxygens (including phenoxy) is 1. The number of benzene rings is 1. The summed E-state index contributed by atoms with van der Waals surface area (Å²) in [6, 6.07) is 10.9. The van der Waals surface area contributed by atoms with Crippen molar-refractivity contribution in [3.05, 3.63) is 47.8 Å². The lowest BCUT2D eigenvalue weighted by Gasteiger charge is -2.09. The van der Waals surface area contributed by atoms with Crippen molar-refractivity contribution in [2.24, 2.45) is 0 Å². The molecular formula is C17H23N3O. The van der Waals surface area contributed by atoms with Crippen molar-refractivity contribution in [3.63, 3.8) is 0 Å². The Hall–Kier alpha value is -1.81. The molecule has 3 rings (SSSR count). The van der Waals surface area contributed by atoms with Crippen LogP contribution in [0.5, 0.6) is 5.75 Å². The lowest BCUT2D eigenvalue weighted by Crippen LogP contribution is -2.06. The molecule has 21 heavy (non-hydrogen) atoms. The monoisotopic (exact) mass is 285 g/mol. The van der Waals surface area contributed by atoms with Crippen molar-refractivity contribution in [2.45, 2.75) is 44.9 Å². The number of hydrogen-bond donors (Lipinski definition) is 1. The number of aromatic nitrogens is 2. The molecule has 1 fully saturated rings. The zero-order valence-electron chi connectivity index (χ0n) is 12.6. The Labute approximate surface area is 126 Å². The van der Waals surface area contributed by atoms with Crippen LogP contribution in [0.15, 0.2) is 36.5 Å². The van der Waals surface area contributed by atoms with Crippen LogP contribution < -0.4 is 10.1 Å². The molecule has 0 unspecified atom stereocenters. The fraction of sp³-hybridized carbons (Fsp3) is 0.471. The van der Waals surface area contributed by atoms with E-state index < -0.39 is 0 Å². The third-order valence-corrected chi connectivity index (χ3v) is 4.05. The van der Waals surface area contributed by atoms with E-state index in [1.807, 2.05) is 19.2 Å². The van der Waals surface area contributed by atoms with Gasteiger partial charge in [-0.3, -0.25) is 4.68 Å². The van der Waals surface area contributed by atoms with Gasteiger partial charge in [-0.25, -0.2) is 0 Å². The average molecular weight is 285 g/mol. The molecule has 1 N–H and O–H groups in total. The molecule has 0 saturated heterocycles. The van der Waals surface area contributed by atoms with Gasteiger partial charge in [0, 0.05) is 12.7 Å². The molecular weight excluding hydrogens is 262 g/mol. The highest BCUT2D eigenvalue weighted by Gasteiger charge is 2.17. The van der Waals surface area contributed by atoms with Gasteiger partial charge in [0.2, 0.25) is 0 Å². The van der Waals surface area contributed by atoms with E-state index >= 15 is 0 Å². The number of nitrogens with one attached hydrogen (secondary N) is 1. The van der Waals surface area contributed by atoms with Crippen LogP contribution in [0.2, 0.25) is 0 Å². The molecule has 112 valence electrons. The second-order valence-corrected chi connectivity index (χ2v) is 5.69. The van der Waals surface area contributed by atoms with E-state index in [1.54, 1.807) is 0 Å². The van der Waals surface area contributed by atoms with Gasteiger partial charge in [0.1, 0.15) is 12.4 Å². The average Bonchev–Trinajstić information content (AvgIpc) is 3.18. The van der Waals surface area contributed by atoms with Crippen molar-refractivity contribution in [2.75, 3.05) is 7.05 Å². The van der Waals surface area contributed by atoms with Gasteiger partial charge in [0.05, 0.1) is 11.7 Å². The maximum absolute atomic E-state index is 5.80. The molecule has 0 radical (unpaired) electrons. The van der Waals surface area contributed by atoms with Crippen LogP contribution in [0.25, 0.3) is 0 Å². The normalized spacial score (nSPS) is 15.5. The van der Waals surface area contributed by atoms with Gasteiger partial charge in [-0.15, -0.1) is 0 Å². The summed E-state index contributed by atoms with van der Waals surface area (Å²) >= 11 is 0. The second-order valence-electron chi connectivity index (χ2n) is 5.69. The second kappa shape index (κ2) is 6.76. The third kappa shape index (κ3) is 3.64. The van der Waals surface area contributed by atoms with Crippen LogP contribution in [0.4, 0.5) is 0 Å². The van der Waals surface area contributed by atoms with Crippen LogP contribution in [0.3, 0.4) is 0 Å². The Morgan fingerprint density at radius 1 is 1.19 bits per heavy atom. The van der Waals surface area contributed by atoms with Gasteiger partial charge < -0.3 is 10.1 Å². The molecule has 1 aliphatic carbocycles. The Bertz CT molecular complexity index is 556. The predicted molar refractivity (Wildman–Crippen MR) is 83.3 cm³/mol. The Morgan fingerprint density at radius 2 is 1.95 bits per heavy atom. The van der Waals surface area contributed by atoms with Gasteiger partial charge in [0.25, 0.3) is 0 Å². The highest BCUT2D eigenvalue weighted by atomic mass is 16.5. The van der Waals surface area contributed by atoms with E-state index in [-0.39, 0.29) is 0 Å². The lowest BCUT2D eigenvalue weighted by molar-refractivity contribution is 0.298. The third-order valence-electron chi connectivity index (χ3n) is 4.05. The Morgan fingerprint density at radius 3 is 2.67 bits per heavy atom. The summed E-state index contributed by atoms with van der Waals surface area (Å²) in [4.78, 5) is 0. The van der Waals surface area contributed by atoms with Crippen LogP contribution in [0.1, 0.15) is 43.0 Å². The largest absolute Gasteiger partial charge is 0.487 e. The fourth-order valence-electron chi connectivity index (χ4n) is 2.89. The standard InChI is InChI=1S/C17H23N3O/c1-18-12-14-6-8-17(9-7-14)21-13-15-10-11-20(19-15)16-4-2-3-5-16/h6-11,16,18H,2-5,12-13H2,1H3. The Balaban J connectivity index is 1.54. The minimum Gasteiger partial charge on any atom is -0.487 e. The van der Waals surface area contributed by atoms with Crippen LogP contribution >= 0.6 is 0 Å². The highest BCUT2D eigenvalue weighted by Crippen LogP contribution is 2.28. The summed E-state index contributed by atoms with van der Waals surface area (Å²) < 4.78 is 7.92. The molecule has 4 heteroatoms. The molecule has 0 aliphatic heterocycles. The highest BCUT2D eigenvalue weighted by molar-refractivity contribution is 5.27. The van der Waals surface area contributed by atoms with Crippen LogP contribution in [-0.4, -0.2) is 16.8 Å². The fourth-order valence-corrected chi connectivity index (χ4v) is 2.89. The summed E-state index contributed by atoms with van der Waals surface area (Å²) in [5, 5.41) is 7.77. The van der Waals surface area contributed by atoms with Gasteiger partial charge in [-0.05, 0) is 43.7 Å². The molecule has 1 heterocycles. The minimum absolute atomic E-state index is 0.533. The van der Waals surface area contributed by atoms with Crippen molar-refractivity contribution < 1.29 is 4.74 Å². The molecule has 4 nitrogen and oxygen atoms in total. The molecule has 0 atom stereocenters. The summed E-state index contributed by atoms with van der Waals surface area (Å²) in [5.41, 5.74) is 2.26. The summed E-state index contributed by atoms with van der Waals surface area (Å²) in [7, 11) is 1.95. The summed E-state index contributed by atoms with van der Waals surface area (Å²) in [5.74, 6) is 0.894. The first-order chi connectivity index (χ1) is 10.3. The van der Waals surface area contributed by atoms with E-state index in [0.717, 1.165) is 18.0 Å². The lowest BCUT2D eigenvalue weighted by atomic mass is 10.2. The van der Waals surface area contributed by atoms with Crippen LogP contribution in [-0.2, 0) is 13.2 Å². The van der Waals surface area contributed by atoms with E-state index in [4.69, 9.17) is 4.74 Å². The number of hydrogen-bond acceptors (Lipinski definition) is 3. The van der Waals surface area contributed by atoms with E-state index in [1.165, 1.54) is 31.2 Å². The maximum Gasteiger partial charge on any atom is 0.132 e. The maximum atomic E-state index is 5.80. The van der Waals surface area contributed by atoms with Crippen molar-refractivity contribution in [1.82, 2.24) is 15.1 Å². The first kappa shape index (κ1) is 14.1.